The van der Waals surface area contributed by atoms with Gasteiger partial charge in [-0.2, -0.15) is 5.10 Å². The number of aromatic nitrogens is 2. The highest BCUT2D eigenvalue weighted by Crippen LogP contribution is 2.16. The van der Waals surface area contributed by atoms with Crippen molar-refractivity contribution in [1.29, 1.82) is 0 Å². The lowest BCUT2D eigenvalue weighted by Gasteiger charge is -2.03. The summed E-state index contributed by atoms with van der Waals surface area (Å²) in [6.45, 7) is 5.82. The second-order valence-corrected chi connectivity index (χ2v) is 5.93. The molecule has 3 aromatic rings. The lowest BCUT2D eigenvalue weighted by atomic mass is 10.2. The first kappa shape index (κ1) is 17.7. The summed E-state index contributed by atoms with van der Waals surface area (Å²) in [5.41, 5.74) is 4.99. The summed E-state index contributed by atoms with van der Waals surface area (Å²) >= 11 is 6.01. The van der Waals surface area contributed by atoms with Crippen LogP contribution in [0.25, 0.3) is 5.65 Å². The molecule has 0 aliphatic heterocycles. The van der Waals surface area contributed by atoms with Crippen LogP contribution in [0.1, 0.15) is 21.7 Å². The summed E-state index contributed by atoms with van der Waals surface area (Å²) in [5, 5.41) is 4.52. The van der Waals surface area contributed by atoms with Gasteiger partial charge >= 0.3 is 0 Å². The molecule has 0 radical (unpaired) electrons. The van der Waals surface area contributed by atoms with Crippen molar-refractivity contribution in [1.82, 2.24) is 14.8 Å². The highest BCUT2D eigenvalue weighted by Gasteiger charge is 2.16. The van der Waals surface area contributed by atoms with Crippen molar-refractivity contribution in [2.75, 3.05) is 6.61 Å². The highest BCUT2D eigenvalue weighted by molar-refractivity contribution is 6.30. The first-order chi connectivity index (χ1) is 12.6. The molecule has 1 N–H and O–H groups in total. The van der Waals surface area contributed by atoms with Gasteiger partial charge in [0.1, 0.15) is 23.7 Å². The van der Waals surface area contributed by atoms with Gasteiger partial charge in [0.25, 0.3) is 5.91 Å². The van der Waals surface area contributed by atoms with Crippen LogP contribution in [0, 0.1) is 6.92 Å². The molecular formula is C19H17ClN4O2. The van der Waals surface area contributed by atoms with E-state index in [0.717, 1.165) is 11.3 Å². The molecule has 132 valence electrons. The van der Waals surface area contributed by atoms with E-state index in [0.29, 0.717) is 28.7 Å². The van der Waals surface area contributed by atoms with E-state index in [1.165, 1.54) is 0 Å². The fourth-order valence-electron chi connectivity index (χ4n) is 2.43. The van der Waals surface area contributed by atoms with Crippen molar-refractivity contribution in [3.63, 3.8) is 0 Å². The van der Waals surface area contributed by atoms with E-state index in [9.17, 15) is 4.79 Å². The Morgan fingerprint density at radius 2 is 2.12 bits per heavy atom. The third kappa shape index (κ3) is 3.92. The number of carbonyl (C=O) groups is 1. The average molecular weight is 369 g/mol. The smallest absolute Gasteiger partial charge is 0.290 e. The Balaban J connectivity index is 1.71. The second kappa shape index (κ2) is 7.84. The number of halogens is 1. The predicted octanol–water partition coefficient (Wildman–Crippen LogP) is 3.62. The van der Waals surface area contributed by atoms with Crippen LogP contribution in [0.2, 0.25) is 5.02 Å². The Morgan fingerprint density at radius 3 is 2.85 bits per heavy atom. The highest BCUT2D eigenvalue weighted by atomic mass is 35.5. The molecule has 0 atom stereocenters. The van der Waals surface area contributed by atoms with Crippen molar-refractivity contribution in [3.05, 3.63) is 77.2 Å². The number of fused-ring (bicyclic) bond motifs is 1. The number of imidazole rings is 1. The van der Waals surface area contributed by atoms with Gasteiger partial charge in [-0.05, 0) is 48.9 Å². The van der Waals surface area contributed by atoms with Crippen LogP contribution in [0.15, 0.2) is 60.4 Å². The van der Waals surface area contributed by atoms with E-state index in [-0.39, 0.29) is 5.91 Å². The first-order valence-electron chi connectivity index (χ1n) is 7.90. The Bertz CT molecular complexity index is 977. The minimum absolute atomic E-state index is 0.362. The number of aryl methyl sites for hydroxylation is 1. The molecule has 1 aromatic carbocycles. The molecule has 0 saturated carbocycles. The largest absolute Gasteiger partial charge is 0.490 e. The van der Waals surface area contributed by atoms with E-state index in [1.807, 2.05) is 24.3 Å². The predicted molar refractivity (Wildman–Crippen MR) is 102 cm³/mol. The lowest BCUT2D eigenvalue weighted by Crippen LogP contribution is -2.20. The van der Waals surface area contributed by atoms with Crippen LogP contribution in [0.5, 0.6) is 5.75 Å². The molecule has 26 heavy (non-hydrogen) atoms. The summed E-state index contributed by atoms with van der Waals surface area (Å²) in [6, 6.07) is 10.8. The van der Waals surface area contributed by atoms with Crippen molar-refractivity contribution in [2.24, 2.45) is 5.10 Å². The van der Waals surface area contributed by atoms with Crippen LogP contribution in [0.3, 0.4) is 0 Å². The SMILES string of the molecule is C=CCOc1ccc(/C=N\NC(=O)c2c(C)nc3ccc(Cl)cn23)cc1. The van der Waals surface area contributed by atoms with Gasteiger partial charge in [0.05, 0.1) is 16.9 Å². The Morgan fingerprint density at radius 1 is 1.35 bits per heavy atom. The molecule has 0 unspecified atom stereocenters. The summed E-state index contributed by atoms with van der Waals surface area (Å²) < 4.78 is 7.06. The maximum atomic E-state index is 12.5. The third-order valence-electron chi connectivity index (χ3n) is 3.60. The molecule has 2 aromatic heterocycles. The van der Waals surface area contributed by atoms with Crippen LogP contribution in [-0.4, -0.2) is 28.1 Å². The molecule has 0 saturated heterocycles. The summed E-state index contributed by atoms with van der Waals surface area (Å²) in [5.74, 6) is 0.378. The lowest BCUT2D eigenvalue weighted by molar-refractivity contribution is 0.0948. The van der Waals surface area contributed by atoms with Crippen molar-refractivity contribution in [3.8, 4) is 5.75 Å². The zero-order chi connectivity index (χ0) is 18.5. The van der Waals surface area contributed by atoms with Gasteiger partial charge < -0.3 is 4.74 Å². The fraction of sp³-hybridized carbons (Fsp3) is 0.105. The molecule has 6 nitrogen and oxygen atoms in total. The molecule has 2 heterocycles. The number of nitrogens with one attached hydrogen (secondary N) is 1. The molecule has 0 bridgehead atoms. The molecule has 3 rings (SSSR count). The normalized spacial score (nSPS) is 11.0. The maximum Gasteiger partial charge on any atom is 0.290 e. The van der Waals surface area contributed by atoms with Crippen LogP contribution in [-0.2, 0) is 0 Å². The molecular weight excluding hydrogens is 352 g/mol. The maximum absolute atomic E-state index is 12.5. The number of rotatable bonds is 6. The molecule has 0 fully saturated rings. The number of hydrogen-bond acceptors (Lipinski definition) is 4. The topological polar surface area (TPSA) is 68.0 Å². The van der Waals surface area contributed by atoms with E-state index in [4.69, 9.17) is 16.3 Å². The van der Waals surface area contributed by atoms with Gasteiger partial charge in [-0.15, -0.1) is 0 Å². The van der Waals surface area contributed by atoms with Gasteiger partial charge in [-0.25, -0.2) is 10.4 Å². The Kier molecular flexibility index (Phi) is 5.34. The monoisotopic (exact) mass is 368 g/mol. The van der Waals surface area contributed by atoms with Gasteiger partial charge in [-0.1, -0.05) is 24.3 Å². The number of carbonyl (C=O) groups excluding carboxylic acids is 1. The van der Waals surface area contributed by atoms with Crippen molar-refractivity contribution >= 4 is 29.4 Å². The third-order valence-corrected chi connectivity index (χ3v) is 3.82. The van der Waals surface area contributed by atoms with Crippen LogP contribution >= 0.6 is 11.6 Å². The van der Waals surface area contributed by atoms with Gasteiger partial charge in [0, 0.05) is 6.20 Å². The number of hydrogen-bond donors (Lipinski definition) is 1. The molecule has 0 aliphatic rings. The number of pyridine rings is 1. The Hall–Kier alpha value is -3.12. The van der Waals surface area contributed by atoms with E-state index in [2.05, 4.69) is 22.1 Å². The number of benzene rings is 1. The Labute approximate surface area is 155 Å². The standard InChI is InChI=1S/C19H17ClN4O2/c1-3-10-26-16-7-4-14(5-8-16)11-21-23-19(25)18-13(2)22-17-9-6-15(20)12-24(17)18/h3-9,11-12H,1,10H2,2H3,(H,23,25)/b21-11-. The summed E-state index contributed by atoms with van der Waals surface area (Å²) in [7, 11) is 0. The van der Waals surface area contributed by atoms with E-state index in [1.54, 1.807) is 41.9 Å². The van der Waals surface area contributed by atoms with E-state index >= 15 is 0 Å². The fourth-order valence-corrected chi connectivity index (χ4v) is 2.59. The minimum atomic E-state index is -0.362. The van der Waals surface area contributed by atoms with Crippen LogP contribution in [0.4, 0.5) is 0 Å². The summed E-state index contributed by atoms with van der Waals surface area (Å²) in [4.78, 5) is 16.8. The van der Waals surface area contributed by atoms with Crippen molar-refractivity contribution < 1.29 is 9.53 Å². The summed E-state index contributed by atoms with van der Waals surface area (Å²) in [6.07, 6.45) is 4.89. The number of nitrogens with zero attached hydrogens (tertiary/aromatic N) is 3. The minimum Gasteiger partial charge on any atom is -0.490 e. The molecule has 0 aliphatic carbocycles. The number of amides is 1. The zero-order valence-corrected chi connectivity index (χ0v) is 14.9. The molecule has 7 heteroatoms. The molecule has 1 amide bonds. The second-order valence-electron chi connectivity index (χ2n) is 5.49. The van der Waals surface area contributed by atoms with Gasteiger partial charge in [-0.3, -0.25) is 9.20 Å². The average Bonchev–Trinajstić information content (AvgIpc) is 2.96. The van der Waals surface area contributed by atoms with Crippen molar-refractivity contribution in [2.45, 2.75) is 6.92 Å². The quantitative estimate of drug-likeness (QED) is 0.410. The van der Waals surface area contributed by atoms with Gasteiger partial charge in [0.2, 0.25) is 0 Å². The van der Waals surface area contributed by atoms with Crippen LogP contribution < -0.4 is 10.2 Å². The molecule has 0 spiro atoms. The van der Waals surface area contributed by atoms with Gasteiger partial charge in [0.15, 0.2) is 0 Å². The number of ether oxygens (including phenoxy) is 1. The van der Waals surface area contributed by atoms with E-state index < -0.39 is 0 Å². The first-order valence-corrected chi connectivity index (χ1v) is 8.27. The zero-order valence-electron chi connectivity index (χ0n) is 14.1. The number of hydrazone groups is 1.